The van der Waals surface area contributed by atoms with Crippen LogP contribution in [0.1, 0.15) is 24.5 Å². The summed E-state index contributed by atoms with van der Waals surface area (Å²) < 4.78 is 56.0. The fourth-order valence-corrected chi connectivity index (χ4v) is 4.13. The summed E-state index contributed by atoms with van der Waals surface area (Å²) in [6.07, 6.45) is 2.13. The summed E-state index contributed by atoms with van der Waals surface area (Å²) in [6, 6.07) is 16.5. The van der Waals surface area contributed by atoms with Crippen molar-refractivity contribution in [2.24, 2.45) is 0 Å². The summed E-state index contributed by atoms with van der Waals surface area (Å²) in [5.74, 6) is -2.39. The average Bonchev–Trinajstić information content (AvgIpc) is 2.70. The molecule has 1 nitrogen and oxygen atoms in total. The van der Waals surface area contributed by atoms with Gasteiger partial charge in [-0.1, -0.05) is 25.5 Å². The van der Waals surface area contributed by atoms with Crippen LogP contribution in [-0.2, 0) is 6.42 Å². The van der Waals surface area contributed by atoms with Crippen molar-refractivity contribution in [3.63, 3.8) is 0 Å². The Morgan fingerprint density at radius 2 is 1.50 bits per heavy atom. The Hall–Kier alpha value is -3.95. The van der Waals surface area contributed by atoms with Gasteiger partial charge in [0.25, 0.3) is 0 Å². The molecule has 0 saturated carbocycles. The molecular formula is C24H21CfF4O. The van der Waals surface area contributed by atoms with Crippen LogP contribution in [0.25, 0.3) is 22.3 Å². The summed E-state index contributed by atoms with van der Waals surface area (Å²) in [5, 5.41) is 0. The van der Waals surface area contributed by atoms with E-state index in [0.717, 1.165) is 29.5 Å². The van der Waals surface area contributed by atoms with Gasteiger partial charge < -0.3 is 0 Å². The fourth-order valence-electron chi connectivity index (χ4n) is 3.28. The number of benzene rings is 3. The minimum Gasteiger partial charge on any atom is -0.0584 e. The Morgan fingerprint density at radius 3 is 2.07 bits per heavy atom. The standard InChI is InChI=1S/C23H21F2O.CF2.Cf/c1-4-5-16-6-8-17(9-7-16)18-10-11-20(15(2)12-18)19-13-21(24)23(26-3)22(25)14-19;2-1-3;/h6-14H,3-5H2,1-2H3;;. The van der Waals surface area contributed by atoms with Crippen LogP contribution < -0.4 is 4.74 Å². The normalized spacial score (nSPS) is 10.6. The molecule has 0 aliphatic carbocycles. The summed E-state index contributed by atoms with van der Waals surface area (Å²) in [6.45, 7) is 2.33. The van der Waals surface area contributed by atoms with Crippen molar-refractivity contribution in [2.45, 2.75) is 26.7 Å². The Bertz CT molecular complexity index is 1030. The monoisotopic (exact) mass is 650 g/mol. The van der Waals surface area contributed by atoms with E-state index in [0.29, 0.717) is 11.1 Å². The average molecular weight is 652 g/mol. The number of ether oxygens (including phenoxy) is 1. The Morgan fingerprint density at radius 1 is 0.867 bits per heavy atom. The topological polar surface area (TPSA) is 9.23 Å². The molecule has 0 spiro atoms. The summed E-state index contributed by atoms with van der Waals surface area (Å²) in [5.41, 5.74) is 5.34. The fraction of sp³-hybridized carbons (Fsp3) is 0.208. The molecular weight excluding hydrogens is 631 g/mol. The molecule has 161 valence electrons. The van der Waals surface area contributed by atoms with E-state index in [1.54, 1.807) is 0 Å². The zero-order valence-corrected chi connectivity index (χ0v) is 19.2. The Kier molecular flexibility index (Phi) is 6.26. The van der Waals surface area contributed by atoms with E-state index in [9.17, 15) is 17.6 Å². The van der Waals surface area contributed by atoms with E-state index in [4.69, 9.17) is 4.74 Å². The van der Waals surface area contributed by atoms with E-state index in [1.165, 1.54) is 17.7 Å². The van der Waals surface area contributed by atoms with E-state index in [2.05, 4.69) is 31.2 Å². The SMILES string of the molecule is CCCc1ccc(-c2ccc(-c3cc(F)c(O[CH2][Cf]=[C](F)F)c(F)c3)c(C)c2)cc1. The van der Waals surface area contributed by atoms with Crippen molar-refractivity contribution in [1.29, 1.82) is 0 Å². The van der Waals surface area contributed by atoms with Crippen LogP contribution in [-0.4, -0.2) is 14.0 Å². The molecule has 3 aromatic carbocycles. The van der Waals surface area contributed by atoms with E-state index in [-0.39, 0.29) is 7.11 Å². The maximum absolute atomic E-state index is 14.4. The van der Waals surface area contributed by atoms with Crippen molar-refractivity contribution in [2.75, 3.05) is 7.11 Å². The Labute approximate surface area is 169 Å². The molecule has 0 aliphatic rings. The second kappa shape index (κ2) is 9.03. The summed E-state index contributed by atoms with van der Waals surface area (Å²) in [4.78, 5) is 0. The summed E-state index contributed by atoms with van der Waals surface area (Å²) in [7, 11) is -0.338. The molecule has 0 bridgehead atoms. The van der Waals surface area contributed by atoms with Gasteiger partial charge in [-0.25, -0.2) is 0 Å². The first-order valence-corrected chi connectivity index (χ1v) is 12.6. The van der Waals surface area contributed by atoms with Gasteiger partial charge in [0.2, 0.25) is 0 Å². The minimum atomic E-state index is -1.99. The molecule has 6 heteroatoms. The zero-order valence-electron chi connectivity index (χ0n) is 16.6. The first-order valence-electron chi connectivity index (χ1n) is 9.41. The number of hydrogen-bond acceptors (Lipinski definition) is 1. The first-order chi connectivity index (χ1) is 14.4. The molecule has 0 amide bonds. The van der Waals surface area contributed by atoms with Gasteiger partial charge in [-0.3, -0.25) is 0 Å². The van der Waals surface area contributed by atoms with Gasteiger partial charge in [-0.2, -0.15) is 0 Å². The quantitative estimate of drug-likeness (QED) is 0.250. The first kappa shape index (κ1) is 20.8. The second-order valence-corrected chi connectivity index (χ2v) is 9.47. The molecule has 0 saturated heterocycles. The van der Waals surface area contributed by atoms with Crippen LogP contribution in [0.3, 0.4) is 0 Å². The van der Waals surface area contributed by atoms with Gasteiger partial charge in [0, 0.05) is 0 Å². The van der Waals surface area contributed by atoms with Gasteiger partial charge >= 0.3 is 131 Å². The van der Waals surface area contributed by atoms with Crippen LogP contribution in [0.4, 0.5) is 17.6 Å². The molecule has 3 aromatic rings. The van der Waals surface area contributed by atoms with Crippen molar-refractivity contribution in [3.05, 3.63) is 77.4 Å². The van der Waals surface area contributed by atoms with Crippen LogP contribution >= 0.6 is 0 Å². The van der Waals surface area contributed by atoms with E-state index in [1.807, 2.05) is 25.1 Å². The smallest absolute Gasteiger partial charge is 0.0584 e. The Balaban J connectivity index is 1.86. The predicted octanol–water partition coefficient (Wildman–Crippen LogP) is 7.01. The van der Waals surface area contributed by atoms with Gasteiger partial charge in [-0.05, 0) is 12.0 Å². The third-order valence-corrected chi connectivity index (χ3v) is 6.15. The van der Waals surface area contributed by atoms with Crippen LogP contribution in [0, 0.1) is 18.6 Å². The number of rotatable bonds is 7. The van der Waals surface area contributed by atoms with Crippen LogP contribution in [0.15, 0.2) is 54.6 Å². The molecule has 0 unspecified atom stereocenters. The molecule has 0 N–H and O–H groups in total. The van der Waals surface area contributed by atoms with E-state index < -0.39 is 24.3 Å². The molecule has 0 atom stereocenters. The number of hydrogen-bond donors (Lipinski definition) is 0. The van der Waals surface area contributed by atoms with Crippen molar-refractivity contribution in [1.82, 2.24) is 0 Å². The number of aryl methyl sites for hydroxylation is 2. The van der Waals surface area contributed by atoms with Crippen molar-refractivity contribution in [3.8, 4) is 28.0 Å². The third kappa shape index (κ3) is 4.72. The van der Waals surface area contributed by atoms with Crippen molar-refractivity contribution < 1.29 is 22.3 Å². The zero-order chi connectivity index (χ0) is 21.7. The molecule has 0 aliphatic heterocycles. The minimum absolute atomic E-state index is 0.338. The number of halogens is 4. The van der Waals surface area contributed by atoms with Gasteiger partial charge in [0.15, 0.2) is 0 Å². The third-order valence-electron chi connectivity index (χ3n) is 4.68. The van der Waals surface area contributed by atoms with Crippen LogP contribution in [0.5, 0.6) is 5.75 Å². The summed E-state index contributed by atoms with van der Waals surface area (Å²) >= 11 is 0. The molecule has 0 aromatic heterocycles. The molecule has 3 rings (SSSR count). The maximum atomic E-state index is 14.4. The van der Waals surface area contributed by atoms with Gasteiger partial charge in [0.05, 0.1) is 0 Å². The van der Waals surface area contributed by atoms with E-state index >= 15 is 0 Å². The second-order valence-electron chi connectivity index (χ2n) is 6.78. The predicted molar refractivity (Wildman–Crippen MR) is 109 cm³/mol. The van der Waals surface area contributed by atoms with Gasteiger partial charge in [-0.15, -0.1) is 0 Å². The van der Waals surface area contributed by atoms with Gasteiger partial charge in [0.1, 0.15) is 0 Å². The molecule has 0 fully saturated rings. The van der Waals surface area contributed by atoms with Crippen molar-refractivity contribution >= 4 is 6.93 Å². The molecule has 0 radical (unpaired) electrons. The molecule has 0 heterocycles. The van der Waals surface area contributed by atoms with Crippen LogP contribution in [0.2, 0.25) is 0 Å². The molecule has 30 heavy (non-hydrogen) atoms.